The number of halogens is 1. The molecule has 6 heteroatoms. The highest BCUT2D eigenvalue weighted by atomic mass is 127. The summed E-state index contributed by atoms with van der Waals surface area (Å²) in [5, 5.41) is 11.8. The van der Waals surface area contributed by atoms with Crippen molar-refractivity contribution in [3.8, 4) is 0 Å². The number of hydrogen-bond acceptors (Lipinski definition) is 3. The highest BCUT2D eigenvalue weighted by molar-refractivity contribution is 14.1. The molecule has 1 aromatic carbocycles. The Bertz CT molecular complexity index is 504. The van der Waals surface area contributed by atoms with E-state index in [1.807, 2.05) is 24.3 Å². The van der Waals surface area contributed by atoms with Crippen molar-refractivity contribution in [1.82, 2.24) is 4.90 Å². The van der Waals surface area contributed by atoms with Gasteiger partial charge in [0.1, 0.15) is 5.84 Å². The molecule has 1 heterocycles. The van der Waals surface area contributed by atoms with Crippen molar-refractivity contribution in [1.29, 1.82) is 0 Å². The maximum absolute atomic E-state index is 12.4. The van der Waals surface area contributed by atoms with Crippen molar-refractivity contribution < 1.29 is 10.0 Å². The summed E-state index contributed by atoms with van der Waals surface area (Å²) >= 11 is 2.19. The van der Waals surface area contributed by atoms with Crippen molar-refractivity contribution in [2.75, 3.05) is 13.1 Å². The third-order valence-corrected chi connectivity index (χ3v) is 3.98. The van der Waals surface area contributed by atoms with E-state index in [9.17, 15) is 4.79 Å². The minimum absolute atomic E-state index is 0.00829. The van der Waals surface area contributed by atoms with Crippen LogP contribution in [-0.2, 0) is 0 Å². The number of likely N-dealkylation sites (tertiary alicyclic amines) is 1. The fraction of sp³-hybridized carbons (Fsp3) is 0.385. The van der Waals surface area contributed by atoms with Crippen molar-refractivity contribution in [3.05, 3.63) is 33.4 Å². The number of carbonyl (C=O) groups excluding carboxylic acids is 1. The standard InChI is InChI=1S/C13H16IN3O2/c14-11-5-1-3-9(7-11)13(18)17-6-2-4-10(8-17)12(15)16-19/h1,3,5,7,10,19H,2,4,6,8H2,(H2,15,16). The van der Waals surface area contributed by atoms with Gasteiger partial charge in [0.15, 0.2) is 0 Å². The van der Waals surface area contributed by atoms with Crippen LogP contribution >= 0.6 is 22.6 Å². The molecule has 102 valence electrons. The van der Waals surface area contributed by atoms with Gasteiger partial charge in [-0.25, -0.2) is 0 Å². The number of amides is 1. The maximum Gasteiger partial charge on any atom is 0.253 e. The lowest BCUT2D eigenvalue weighted by Crippen LogP contribution is -2.44. The molecule has 1 fully saturated rings. The number of amidine groups is 1. The zero-order valence-corrected chi connectivity index (χ0v) is 12.6. The fourth-order valence-corrected chi connectivity index (χ4v) is 2.83. The highest BCUT2D eigenvalue weighted by Crippen LogP contribution is 2.19. The van der Waals surface area contributed by atoms with Crippen LogP contribution in [0.4, 0.5) is 0 Å². The number of piperidine rings is 1. The first-order valence-corrected chi connectivity index (χ1v) is 7.22. The van der Waals surface area contributed by atoms with Crippen LogP contribution in [0, 0.1) is 9.49 Å². The predicted octanol–water partition coefficient (Wildman–Crippen LogP) is 1.89. The second kappa shape index (κ2) is 6.23. The lowest BCUT2D eigenvalue weighted by molar-refractivity contribution is 0.0701. The van der Waals surface area contributed by atoms with Gasteiger partial charge in [0.2, 0.25) is 0 Å². The van der Waals surface area contributed by atoms with Gasteiger partial charge in [-0.2, -0.15) is 0 Å². The third kappa shape index (κ3) is 3.37. The lowest BCUT2D eigenvalue weighted by Gasteiger charge is -2.32. The summed E-state index contributed by atoms with van der Waals surface area (Å²) in [7, 11) is 0. The molecule has 5 nitrogen and oxygen atoms in total. The van der Waals surface area contributed by atoms with Gasteiger partial charge in [-0.05, 0) is 53.6 Å². The van der Waals surface area contributed by atoms with Crippen LogP contribution < -0.4 is 5.73 Å². The Hall–Kier alpha value is -1.31. The van der Waals surface area contributed by atoms with Crippen molar-refractivity contribution in [2.24, 2.45) is 16.8 Å². The first-order valence-electron chi connectivity index (χ1n) is 6.14. The van der Waals surface area contributed by atoms with Crippen LogP contribution in [0.3, 0.4) is 0 Å². The summed E-state index contributed by atoms with van der Waals surface area (Å²) in [5.74, 6) is 0.166. The summed E-state index contributed by atoms with van der Waals surface area (Å²) in [6.07, 6.45) is 1.72. The van der Waals surface area contributed by atoms with E-state index in [4.69, 9.17) is 10.9 Å². The maximum atomic E-state index is 12.4. The van der Waals surface area contributed by atoms with Crippen LogP contribution in [0.5, 0.6) is 0 Å². The Morgan fingerprint density at radius 3 is 3.00 bits per heavy atom. The molecule has 0 aromatic heterocycles. The Balaban J connectivity index is 2.11. The van der Waals surface area contributed by atoms with Crippen molar-refractivity contribution in [3.63, 3.8) is 0 Å². The molecular formula is C13H16IN3O2. The first-order chi connectivity index (χ1) is 9.11. The molecule has 1 amide bonds. The van der Waals surface area contributed by atoms with Gasteiger partial charge >= 0.3 is 0 Å². The van der Waals surface area contributed by atoms with Crippen LogP contribution in [0.15, 0.2) is 29.4 Å². The number of oxime groups is 1. The summed E-state index contributed by atoms with van der Waals surface area (Å²) in [6.45, 7) is 1.24. The molecule has 2 rings (SSSR count). The second-order valence-electron chi connectivity index (χ2n) is 4.63. The van der Waals surface area contributed by atoms with Gasteiger partial charge in [0.25, 0.3) is 5.91 Å². The van der Waals surface area contributed by atoms with E-state index in [1.165, 1.54) is 0 Å². The summed E-state index contributed by atoms with van der Waals surface area (Å²) in [4.78, 5) is 14.2. The lowest BCUT2D eigenvalue weighted by atomic mass is 9.96. The average molecular weight is 373 g/mol. The first kappa shape index (κ1) is 14.1. The number of hydrogen-bond donors (Lipinski definition) is 2. The molecule has 1 unspecified atom stereocenters. The van der Waals surface area contributed by atoms with Gasteiger partial charge in [0, 0.05) is 28.1 Å². The highest BCUT2D eigenvalue weighted by Gasteiger charge is 2.26. The molecule has 1 saturated heterocycles. The van der Waals surface area contributed by atoms with E-state index in [1.54, 1.807) is 4.90 Å². The largest absolute Gasteiger partial charge is 0.409 e. The van der Waals surface area contributed by atoms with E-state index in [2.05, 4.69) is 27.7 Å². The predicted molar refractivity (Wildman–Crippen MR) is 81.2 cm³/mol. The topological polar surface area (TPSA) is 78.9 Å². The molecule has 19 heavy (non-hydrogen) atoms. The average Bonchev–Trinajstić information content (AvgIpc) is 2.45. The molecular weight excluding hydrogens is 357 g/mol. The monoisotopic (exact) mass is 373 g/mol. The minimum Gasteiger partial charge on any atom is -0.409 e. The van der Waals surface area contributed by atoms with Crippen LogP contribution in [0.1, 0.15) is 23.2 Å². The fourth-order valence-electron chi connectivity index (χ4n) is 2.29. The third-order valence-electron chi connectivity index (χ3n) is 3.31. The number of nitrogens with two attached hydrogens (primary N) is 1. The number of benzene rings is 1. The molecule has 3 N–H and O–H groups in total. The van der Waals surface area contributed by atoms with Gasteiger partial charge in [-0.15, -0.1) is 0 Å². The van der Waals surface area contributed by atoms with Gasteiger partial charge in [0.05, 0.1) is 0 Å². The molecule has 0 radical (unpaired) electrons. The second-order valence-corrected chi connectivity index (χ2v) is 5.87. The molecule has 0 aliphatic carbocycles. The molecule has 1 aliphatic heterocycles. The SMILES string of the molecule is NC(=NO)C1CCCN(C(=O)c2cccc(I)c2)C1. The van der Waals surface area contributed by atoms with Gasteiger partial charge < -0.3 is 15.8 Å². The van der Waals surface area contributed by atoms with Crippen molar-refractivity contribution in [2.45, 2.75) is 12.8 Å². The van der Waals surface area contributed by atoms with Gasteiger partial charge in [-0.3, -0.25) is 4.79 Å². The zero-order chi connectivity index (χ0) is 13.8. The molecule has 1 aromatic rings. The van der Waals surface area contributed by atoms with Crippen molar-refractivity contribution >= 4 is 34.3 Å². The Morgan fingerprint density at radius 2 is 2.32 bits per heavy atom. The van der Waals surface area contributed by atoms with E-state index >= 15 is 0 Å². The Morgan fingerprint density at radius 1 is 1.53 bits per heavy atom. The number of rotatable bonds is 2. The van der Waals surface area contributed by atoms with E-state index < -0.39 is 0 Å². The van der Waals surface area contributed by atoms with Crippen LogP contribution in [-0.4, -0.2) is 34.9 Å². The van der Waals surface area contributed by atoms with E-state index in [0.717, 1.165) is 23.0 Å². The molecule has 1 atom stereocenters. The van der Waals surface area contributed by atoms with Gasteiger partial charge in [-0.1, -0.05) is 11.2 Å². The smallest absolute Gasteiger partial charge is 0.253 e. The molecule has 0 bridgehead atoms. The normalized spacial score (nSPS) is 20.4. The van der Waals surface area contributed by atoms with Crippen LogP contribution in [0.25, 0.3) is 0 Å². The molecule has 0 saturated carbocycles. The zero-order valence-electron chi connectivity index (χ0n) is 10.4. The number of nitrogens with zero attached hydrogens (tertiary/aromatic N) is 2. The summed E-state index contributed by atoms with van der Waals surface area (Å²) in [5.41, 5.74) is 6.32. The van der Waals surface area contributed by atoms with E-state index in [0.29, 0.717) is 12.1 Å². The molecule has 0 spiro atoms. The summed E-state index contributed by atoms with van der Waals surface area (Å²) in [6, 6.07) is 7.51. The van der Waals surface area contributed by atoms with Crippen LogP contribution in [0.2, 0.25) is 0 Å². The van der Waals surface area contributed by atoms with E-state index in [-0.39, 0.29) is 17.7 Å². The quantitative estimate of drug-likeness (QED) is 0.273. The number of carbonyl (C=O) groups is 1. The molecule has 1 aliphatic rings. The Labute approximate surface area is 125 Å². The summed E-state index contributed by atoms with van der Waals surface area (Å²) < 4.78 is 1.04. The minimum atomic E-state index is -0.0505. The Kier molecular flexibility index (Phi) is 4.62.